The van der Waals surface area contributed by atoms with E-state index in [1.165, 1.54) is 6.07 Å². The van der Waals surface area contributed by atoms with Crippen LogP contribution < -0.4 is 0 Å². The zero-order valence-electron chi connectivity index (χ0n) is 8.30. The van der Waals surface area contributed by atoms with Gasteiger partial charge in [0.2, 0.25) is 0 Å². The summed E-state index contributed by atoms with van der Waals surface area (Å²) in [6.07, 6.45) is 4.20. The molecule has 1 saturated carbocycles. The van der Waals surface area contributed by atoms with Gasteiger partial charge in [0.15, 0.2) is 0 Å². The molecule has 1 aromatic rings. The summed E-state index contributed by atoms with van der Waals surface area (Å²) in [5, 5.41) is 0.365. The highest BCUT2D eigenvalue weighted by molar-refractivity contribution is 6.31. The van der Waals surface area contributed by atoms with E-state index in [1.807, 2.05) is 0 Å². The predicted molar refractivity (Wildman–Crippen MR) is 57.6 cm³/mol. The SMILES string of the molecule is O=CC1(c2c(F)cccc2Cl)CCCC1. The number of rotatable bonds is 2. The fourth-order valence-electron chi connectivity index (χ4n) is 2.41. The molecule has 0 amide bonds. The Balaban J connectivity index is 2.55. The summed E-state index contributed by atoms with van der Waals surface area (Å²) in [7, 11) is 0. The van der Waals surface area contributed by atoms with Crippen LogP contribution in [0, 0.1) is 5.82 Å². The lowest BCUT2D eigenvalue weighted by Crippen LogP contribution is -2.25. The minimum atomic E-state index is -0.678. The van der Waals surface area contributed by atoms with Crippen LogP contribution in [-0.2, 0) is 10.2 Å². The summed E-state index contributed by atoms with van der Waals surface area (Å²) in [5.41, 5.74) is -0.290. The first-order chi connectivity index (χ1) is 7.19. The van der Waals surface area contributed by atoms with Gasteiger partial charge in [-0.3, -0.25) is 0 Å². The van der Waals surface area contributed by atoms with Crippen LogP contribution in [0.4, 0.5) is 4.39 Å². The fourth-order valence-corrected chi connectivity index (χ4v) is 2.76. The third-order valence-corrected chi connectivity index (χ3v) is 3.50. The molecule has 0 bridgehead atoms. The molecule has 1 aromatic carbocycles. The average molecular weight is 227 g/mol. The highest BCUT2D eigenvalue weighted by Crippen LogP contribution is 2.43. The van der Waals surface area contributed by atoms with Crippen molar-refractivity contribution >= 4 is 17.9 Å². The van der Waals surface area contributed by atoms with E-state index in [0.717, 1.165) is 19.1 Å². The number of hydrogen-bond acceptors (Lipinski definition) is 1. The standard InChI is InChI=1S/C12H12ClFO/c13-9-4-3-5-10(14)11(9)12(8-15)6-1-2-7-12/h3-5,8H,1-2,6-7H2. The monoisotopic (exact) mass is 226 g/mol. The van der Waals surface area contributed by atoms with Gasteiger partial charge in [-0.05, 0) is 25.0 Å². The summed E-state index contributed by atoms with van der Waals surface area (Å²) in [6.45, 7) is 0. The Morgan fingerprint density at radius 3 is 2.53 bits per heavy atom. The molecule has 2 rings (SSSR count). The molecule has 1 fully saturated rings. The molecule has 80 valence electrons. The van der Waals surface area contributed by atoms with Gasteiger partial charge >= 0.3 is 0 Å². The Kier molecular flexibility index (Phi) is 2.79. The van der Waals surface area contributed by atoms with Crippen LogP contribution in [0.5, 0.6) is 0 Å². The second-order valence-electron chi connectivity index (χ2n) is 4.08. The maximum Gasteiger partial charge on any atom is 0.130 e. The summed E-state index contributed by atoms with van der Waals surface area (Å²) in [4.78, 5) is 11.2. The van der Waals surface area contributed by atoms with Crippen LogP contribution in [0.2, 0.25) is 5.02 Å². The molecule has 0 radical (unpaired) electrons. The van der Waals surface area contributed by atoms with E-state index < -0.39 is 5.41 Å². The van der Waals surface area contributed by atoms with Crippen LogP contribution in [0.1, 0.15) is 31.2 Å². The Morgan fingerprint density at radius 2 is 2.00 bits per heavy atom. The lowest BCUT2D eigenvalue weighted by Gasteiger charge is -2.24. The highest BCUT2D eigenvalue weighted by Gasteiger charge is 2.38. The summed E-state index contributed by atoms with van der Waals surface area (Å²) in [6, 6.07) is 4.57. The van der Waals surface area contributed by atoms with Gasteiger partial charge < -0.3 is 4.79 Å². The molecule has 1 nitrogen and oxygen atoms in total. The van der Waals surface area contributed by atoms with E-state index >= 15 is 0 Å². The molecule has 0 spiro atoms. The zero-order chi connectivity index (χ0) is 10.9. The summed E-state index contributed by atoms with van der Waals surface area (Å²) >= 11 is 5.98. The molecule has 0 unspecified atom stereocenters. The van der Waals surface area contributed by atoms with Crippen molar-refractivity contribution in [1.82, 2.24) is 0 Å². The first kappa shape index (κ1) is 10.6. The number of aldehydes is 1. The first-order valence-corrected chi connectivity index (χ1v) is 5.48. The highest BCUT2D eigenvalue weighted by atomic mass is 35.5. The van der Waals surface area contributed by atoms with Crippen molar-refractivity contribution in [3.63, 3.8) is 0 Å². The van der Waals surface area contributed by atoms with Gasteiger partial charge in [0.25, 0.3) is 0 Å². The minimum absolute atomic E-state index is 0.364. The molecular weight excluding hydrogens is 215 g/mol. The molecule has 0 heterocycles. The van der Waals surface area contributed by atoms with Crippen molar-refractivity contribution in [1.29, 1.82) is 0 Å². The second-order valence-corrected chi connectivity index (χ2v) is 4.48. The van der Waals surface area contributed by atoms with Gasteiger partial charge in [-0.2, -0.15) is 0 Å². The molecule has 1 aliphatic rings. The number of hydrogen-bond donors (Lipinski definition) is 0. The maximum absolute atomic E-state index is 13.7. The maximum atomic E-state index is 13.7. The van der Waals surface area contributed by atoms with Crippen LogP contribution in [-0.4, -0.2) is 6.29 Å². The van der Waals surface area contributed by atoms with E-state index in [-0.39, 0.29) is 5.82 Å². The van der Waals surface area contributed by atoms with Gasteiger partial charge in [-0.25, -0.2) is 4.39 Å². The molecule has 0 atom stereocenters. The fraction of sp³-hybridized carbons (Fsp3) is 0.417. The summed E-state index contributed by atoms with van der Waals surface area (Å²) < 4.78 is 13.7. The van der Waals surface area contributed by atoms with Gasteiger partial charge in [0, 0.05) is 10.6 Å². The van der Waals surface area contributed by atoms with Gasteiger partial charge in [0.1, 0.15) is 12.1 Å². The smallest absolute Gasteiger partial charge is 0.130 e. The number of halogens is 2. The Bertz CT molecular complexity index is 363. The van der Waals surface area contributed by atoms with E-state index in [1.54, 1.807) is 12.1 Å². The lowest BCUT2D eigenvalue weighted by molar-refractivity contribution is -0.112. The third kappa shape index (κ3) is 1.67. The van der Waals surface area contributed by atoms with Gasteiger partial charge in [0.05, 0.1) is 5.41 Å². The average Bonchev–Trinajstić information content (AvgIpc) is 2.67. The van der Waals surface area contributed by atoms with E-state index in [2.05, 4.69) is 0 Å². The van der Waals surface area contributed by atoms with Crippen molar-refractivity contribution in [2.75, 3.05) is 0 Å². The topological polar surface area (TPSA) is 17.1 Å². The molecule has 1 aliphatic carbocycles. The van der Waals surface area contributed by atoms with Crippen molar-refractivity contribution in [2.24, 2.45) is 0 Å². The normalized spacial score (nSPS) is 19.1. The lowest BCUT2D eigenvalue weighted by atomic mass is 9.80. The van der Waals surface area contributed by atoms with Crippen LogP contribution in [0.3, 0.4) is 0 Å². The number of benzene rings is 1. The third-order valence-electron chi connectivity index (χ3n) is 3.18. The molecular formula is C12H12ClFO. The van der Waals surface area contributed by atoms with E-state index in [9.17, 15) is 9.18 Å². The number of carbonyl (C=O) groups excluding carboxylic acids is 1. The quantitative estimate of drug-likeness (QED) is 0.706. The molecule has 3 heteroatoms. The minimum Gasteiger partial charge on any atom is -0.302 e. The Morgan fingerprint density at radius 1 is 1.33 bits per heavy atom. The van der Waals surface area contributed by atoms with Crippen LogP contribution >= 0.6 is 11.6 Å². The van der Waals surface area contributed by atoms with Crippen LogP contribution in [0.15, 0.2) is 18.2 Å². The second kappa shape index (κ2) is 3.93. The molecule has 0 saturated heterocycles. The predicted octanol–water partition coefficient (Wildman–Crippen LogP) is 3.49. The molecule has 0 aromatic heterocycles. The Hall–Kier alpha value is -0.890. The molecule has 15 heavy (non-hydrogen) atoms. The van der Waals surface area contributed by atoms with Gasteiger partial charge in [-0.15, -0.1) is 0 Å². The molecule has 0 aliphatic heterocycles. The van der Waals surface area contributed by atoms with E-state index in [0.29, 0.717) is 23.4 Å². The molecule has 0 N–H and O–H groups in total. The summed E-state index contributed by atoms with van der Waals surface area (Å²) in [5.74, 6) is -0.364. The van der Waals surface area contributed by atoms with Crippen molar-refractivity contribution in [3.05, 3.63) is 34.6 Å². The largest absolute Gasteiger partial charge is 0.302 e. The van der Waals surface area contributed by atoms with Crippen molar-refractivity contribution in [3.8, 4) is 0 Å². The van der Waals surface area contributed by atoms with Crippen LogP contribution in [0.25, 0.3) is 0 Å². The van der Waals surface area contributed by atoms with Crippen molar-refractivity contribution < 1.29 is 9.18 Å². The zero-order valence-corrected chi connectivity index (χ0v) is 9.06. The number of carbonyl (C=O) groups is 1. The van der Waals surface area contributed by atoms with Gasteiger partial charge in [-0.1, -0.05) is 30.5 Å². The van der Waals surface area contributed by atoms with Crippen molar-refractivity contribution in [2.45, 2.75) is 31.1 Å². The Labute approximate surface area is 93.2 Å². The van der Waals surface area contributed by atoms with E-state index in [4.69, 9.17) is 11.6 Å². The first-order valence-electron chi connectivity index (χ1n) is 5.10.